The van der Waals surface area contributed by atoms with Crippen molar-refractivity contribution in [3.63, 3.8) is 0 Å². The summed E-state index contributed by atoms with van der Waals surface area (Å²) in [7, 11) is 0. The summed E-state index contributed by atoms with van der Waals surface area (Å²) in [5, 5.41) is 5.97. The molecule has 0 bridgehead atoms. The highest BCUT2D eigenvalue weighted by molar-refractivity contribution is 6.30. The average molecular weight is 562 g/mol. The lowest BCUT2D eigenvalue weighted by Gasteiger charge is -2.16. The van der Waals surface area contributed by atoms with Crippen molar-refractivity contribution in [3.8, 4) is 11.3 Å². The monoisotopic (exact) mass is 561 g/mol. The number of carbonyl (C=O) groups is 2. The van der Waals surface area contributed by atoms with Crippen molar-refractivity contribution in [1.29, 1.82) is 0 Å². The van der Waals surface area contributed by atoms with Crippen LogP contribution in [0.2, 0.25) is 5.02 Å². The number of benzene rings is 2. The fraction of sp³-hybridized carbons (Fsp3) is 0.333. The molecule has 12 heteroatoms. The third-order valence-electron chi connectivity index (χ3n) is 6.23. The number of alkyl halides is 3. The van der Waals surface area contributed by atoms with Gasteiger partial charge in [-0.15, -0.1) is 0 Å². The van der Waals surface area contributed by atoms with Crippen molar-refractivity contribution in [1.82, 2.24) is 25.1 Å². The van der Waals surface area contributed by atoms with E-state index in [4.69, 9.17) is 11.6 Å². The predicted octanol–water partition coefficient (Wildman–Crippen LogP) is 4.25. The van der Waals surface area contributed by atoms with Gasteiger partial charge in [0.2, 0.25) is 0 Å². The molecule has 2 heterocycles. The molecule has 1 aliphatic heterocycles. The third-order valence-corrected chi connectivity index (χ3v) is 6.48. The molecule has 0 saturated carbocycles. The van der Waals surface area contributed by atoms with Crippen molar-refractivity contribution in [2.24, 2.45) is 0 Å². The number of halogens is 4. The molecule has 39 heavy (non-hydrogen) atoms. The zero-order valence-electron chi connectivity index (χ0n) is 20.9. The van der Waals surface area contributed by atoms with E-state index in [1.165, 1.54) is 10.6 Å². The van der Waals surface area contributed by atoms with Gasteiger partial charge in [-0.2, -0.15) is 13.2 Å². The summed E-state index contributed by atoms with van der Waals surface area (Å²) in [4.78, 5) is 43.6. The highest BCUT2D eigenvalue weighted by Crippen LogP contribution is 2.24. The number of hydrogen-bond donors (Lipinski definition) is 2. The fourth-order valence-corrected chi connectivity index (χ4v) is 4.38. The van der Waals surface area contributed by atoms with E-state index in [0.29, 0.717) is 47.0 Å². The third kappa shape index (κ3) is 7.82. The molecule has 0 unspecified atom stereocenters. The van der Waals surface area contributed by atoms with E-state index >= 15 is 0 Å². The van der Waals surface area contributed by atoms with Gasteiger partial charge >= 0.3 is 12.2 Å². The van der Waals surface area contributed by atoms with Gasteiger partial charge in [0, 0.05) is 61.2 Å². The highest BCUT2D eigenvalue weighted by atomic mass is 35.5. The molecule has 0 radical (unpaired) electrons. The Bertz CT molecular complexity index is 1390. The Hall–Kier alpha value is -3.86. The van der Waals surface area contributed by atoms with Gasteiger partial charge in [0.25, 0.3) is 11.5 Å². The second kappa shape index (κ2) is 12.3. The molecule has 206 valence electrons. The molecule has 3 amide bonds. The van der Waals surface area contributed by atoms with Crippen LogP contribution in [-0.2, 0) is 13.0 Å². The van der Waals surface area contributed by atoms with Crippen LogP contribution in [0.5, 0.6) is 0 Å². The Morgan fingerprint density at radius 3 is 2.56 bits per heavy atom. The maximum Gasteiger partial charge on any atom is 0.389 e. The predicted molar refractivity (Wildman–Crippen MR) is 141 cm³/mol. The molecule has 1 aromatic heterocycles. The summed E-state index contributed by atoms with van der Waals surface area (Å²) in [5.41, 5.74) is 1.51. The molecule has 0 spiro atoms. The van der Waals surface area contributed by atoms with Crippen molar-refractivity contribution in [2.75, 3.05) is 26.2 Å². The molecule has 8 nitrogen and oxygen atoms in total. The van der Waals surface area contributed by atoms with Gasteiger partial charge in [-0.05, 0) is 36.2 Å². The van der Waals surface area contributed by atoms with Crippen LogP contribution in [0.15, 0.2) is 59.4 Å². The van der Waals surface area contributed by atoms with E-state index < -0.39 is 18.2 Å². The minimum atomic E-state index is -4.32. The van der Waals surface area contributed by atoms with Crippen molar-refractivity contribution >= 4 is 23.5 Å². The molecular formula is C27H27ClF3N5O3. The van der Waals surface area contributed by atoms with Crippen molar-refractivity contribution in [2.45, 2.75) is 32.0 Å². The minimum Gasteiger partial charge on any atom is -0.350 e. The van der Waals surface area contributed by atoms with Crippen LogP contribution in [0.4, 0.5) is 18.0 Å². The van der Waals surface area contributed by atoms with Crippen molar-refractivity contribution < 1.29 is 22.8 Å². The van der Waals surface area contributed by atoms with Gasteiger partial charge in [0.05, 0.1) is 12.2 Å². The first-order chi connectivity index (χ1) is 18.6. The lowest BCUT2D eigenvalue weighted by Crippen LogP contribution is -2.36. The molecule has 0 aliphatic carbocycles. The number of amides is 3. The summed E-state index contributed by atoms with van der Waals surface area (Å²) in [6, 6.07) is 14.5. The fourth-order valence-electron chi connectivity index (χ4n) is 4.25. The largest absolute Gasteiger partial charge is 0.389 e. The van der Waals surface area contributed by atoms with E-state index in [-0.39, 0.29) is 43.7 Å². The van der Waals surface area contributed by atoms with Gasteiger partial charge in [0.15, 0.2) is 0 Å². The van der Waals surface area contributed by atoms with Crippen LogP contribution in [0.1, 0.15) is 34.6 Å². The summed E-state index contributed by atoms with van der Waals surface area (Å²) in [5.74, 6) is -0.124. The van der Waals surface area contributed by atoms with Crippen LogP contribution in [-0.4, -0.2) is 58.7 Å². The molecule has 3 aromatic rings. The summed E-state index contributed by atoms with van der Waals surface area (Å²) in [6.45, 7) is 1.83. The summed E-state index contributed by atoms with van der Waals surface area (Å²) < 4.78 is 39.8. The van der Waals surface area contributed by atoms with Crippen LogP contribution in [0.25, 0.3) is 11.3 Å². The maximum atomic E-state index is 13.1. The number of urea groups is 1. The summed E-state index contributed by atoms with van der Waals surface area (Å²) in [6.07, 6.45) is -5.60. The van der Waals surface area contributed by atoms with Gasteiger partial charge < -0.3 is 15.5 Å². The normalized spacial score (nSPS) is 13.4. The lowest BCUT2D eigenvalue weighted by atomic mass is 10.1. The zero-order valence-corrected chi connectivity index (χ0v) is 21.7. The van der Waals surface area contributed by atoms with Gasteiger partial charge in [-0.1, -0.05) is 35.9 Å². The molecule has 4 rings (SSSR count). The van der Waals surface area contributed by atoms with Crippen LogP contribution in [0.3, 0.4) is 0 Å². The van der Waals surface area contributed by atoms with Gasteiger partial charge in [0.1, 0.15) is 5.82 Å². The number of carbonyl (C=O) groups excluding carboxylic acids is 2. The van der Waals surface area contributed by atoms with E-state index in [9.17, 15) is 27.6 Å². The molecule has 1 saturated heterocycles. The SMILES string of the molecule is O=C(NCCN1CCNC1=O)c1cccc(Cn2c(CCCC(F)(F)F)nc(-c3ccc(Cl)cc3)cc2=O)c1. The Morgan fingerprint density at radius 1 is 1.10 bits per heavy atom. The molecular weight excluding hydrogens is 535 g/mol. The molecule has 1 fully saturated rings. The Kier molecular flexibility index (Phi) is 8.90. The number of hydrogen-bond acceptors (Lipinski definition) is 4. The number of aryl methyl sites for hydroxylation is 1. The Labute approximate surface area is 227 Å². The Balaban J connectivity index is 1.53. The number of nitrogens with one attached hydrogen (secondary N) is 2. The zero-order chi connectivity index (χ0) is 28.0. The standard InChI is InChI=1S/C27H27ClF3N5O3/c28-21-8-6-19(7-9-21)22-16-24(37)36(23(34-22)5-2-10-27(29,30)31)17-18-3-1-4-20(15-18)25(38)32-11-13-35-14-12-33-26(35)39/h1,3-4,6-9,15-16H,2,5,10-14,17H2,(H,32,38)(H,33,39). The van der Waals surface area contributed by atoms with Crippen LogP contribution < -0.4 is 16.2 Å². The first-order valence-electron chi connectivity index (χ1n) is 12.4. The van der Waals surface area contributed by atoms with Crippen LogP contribution >= 0.6 is 11.6 Å². The van der Waals surface area contributed by atoms with Crippen LogP contribution in [0, 0.1) is 0 Å². The van der Waals surface area contributed by atoms with Gasteiger partial charge in [-0.25, -0.2) is 9.78 Å². The number of rotatable bonds is 10. The minimum absolute atomic E-state index is 0.0309. The maximum absolute atomic E-state index is 13.1. The van der Waals surface area contributed by atoms with Gasteiger partial charge in [-0.3, -0.25) is 14.2 Å². The van der Waals surface area contributed by atoms with E-state index in [0.717, 1.165) is 0 Å². The smallest absolute Gasteiger partial charge is 0.350 e. The molecule has 2 N–H and O–H groups in total. The van der Waals surface area contributed by atoms with Crippen molar-refractivity contribution in [3.05, 3.63) is 86.9 Å². The first-order valence-corrected chi connectivity index (χ1v) is 12.8. The molecule has 1 aliphatic rings. The van der Waals surface area contributed by atoms with E-state index in [1.54, 1.807) is 53.4 Å². The second-order valence-electron chi connectivity index (χ2n) is 9.13. The Morgan fingerprint density at radius 2 is 1.87 bits per heavy atom. The quantitative estimate of drug-likeness (QED) is 0.387. The topological polar surface area (TPSA) is 96.3 Å². The van der Waals surface area contributed by atoms with E-state index in [1.807, 2.05) is 0 Å². The molecule has 2 aromatic carbocycles. The highest BCUT2D eigenvalue weighted by Gasteiger charge is 2.26. The first kappa shape index (κ1) is 28.2. The molecule has 0 atom stereocenters. The number of nitrogens with zero attached hydrogens (tertiary/aromatic N) is 3. The average Bonchev–Trinajstić information content (AvgIpc) is 3.30. The summed E-state index contributed by atoms with van der Waals surface area (Å²) >= 11 is 5.95. The number of aromatic nitrogens is 2. The lowest BCUT2D eigenvalue weighted by molar-refractivity contribution is -0.135. The van der Waals surface area contributed by atoms with E-state index in [2.05, 4.69) is 15.6 Å². The second-order valence-corrected chi connectivity index (χ2v) is 9.57.